The summed E-state index contributed by atoms with van der Waals surface area (Å²) < 4.78 is 2.45. The zero-order valence-corrected chi connectivity index (χ0v) is 9.17. The lowest BCUT2D eigenvalue weighted by Crippen LogP contribution is -2.73. The van der Waals surface area contributed by atoms with E-state index in [1.165, 1.54) is 0 Å². The minimum absolute atomic E-state index is 0.450. The number of aromatic nitrogens is 2. The Morgan fingerprint density at radius 2 is 2.46 bits per heavy atom. The molecule has 1 rings (SSSR count). The lowest BCUT2D eigenvalue weighted by molar-refractivity contribution is -0.556. The highest BCUT2D eigenvalue weighted by atomic mass is 79.9. The van der Waals surface area contributed by atoms with Gasteiger partial charge in [-0.15, -0.1) is 0 Å². The molecule has 1 aromatic heterocycles. The summed E-state index contributed by atoms with van der Waals surface area (Å²) in [7, 11) is 3.75. The Balaban J connectivity index is 2.85. The molecule has 0 atom stereocenters. The molecule has 1 heterocycles. The molecule has 13 heavy (non-hydrogen) atoms. The highest BCUT2D eigenvalue weighted by molar-refractivity contribution is 9.12. The Labute approximate surface area is 85.3 Å². The second-order valence-corrected chi connectivity index (χ2v) is 3.48. The normalized spacial score (nSPS) is 11.8. The highest BCUT2D eigenvalue weighted by Crippen LogP contribution is 2.11. The van der Waals surface area contributed by atoms with Crippen molar-refractivity contribution in [3.05, 3.63) is 28.6 Å². The molecular formula is C8H12BrN4+. The number of nitrogens with one attached hydrogen (secondary N) is 1. The van der Waals surface area contributed by atoms with E-state index >= 15 is 0 Å². The summed E-state index contributed by atoms with van der Waals surface area (Å²) in [4.78, 5) is 0. The fourth-order valence-electron chi connectivity index (χ4n) is 0.918. The van der Waals surface area contributed by atoms with E-state index in [0.717, 1.165) is 10.0 Å². The molecule has 0 aromatic carbocycles. The molecule has 0 amide bonds. The van der Waals surface area contributed by atoms with Gasteiger partial charge in [0.25, 0.3) is 0 Å². The number of hydrogen-bond donors (Lipinski definition) is 2. The predicted octanol–water partition coefficient (Wildman–Crippen LogP) is 0.217. The maximum absolute atomic E-state index is 7.76. The maximum Gasteiger partial charge on any atom is 0.109 e. The first-order chi connectivity index (χ1) is 6.15. The van der Waals surface area contributed by atoms with Gasteiger partial charge in [0.05, 0.1) is 23.4 Å². The molecular weight excluding hydrogens is 232 g/mol. The molecule has 0 unspecified atom stereocenters. The molecule has 0 radical (unpaired) electrons. The van der Waals surface area contributed by atoms with Crippen molar-refractivity contribution in [1.29, 1.82) is 5.41 Å². The Hall–Kier alpha value is -0.940. The van der Waals surface area contributed by atoms with Gasteiger partial charge in [0.15, 0.2) is 0 Å². The third kappa shape index (κ3) is 2.50. The van der Waals surface area contributed by atoms with Crippen LogP contribution in [0.5, 0.6) is 0 Å². The molecule has 0 aliphatic carbocycles. The number of nitrogens with two attached hydrogens (primary N) is 1. The number of halogens is 1. The summed E-state index contributed by atoms with van der Waals surface area (Å²) in [6.45, 7) is 0. The number of rotatable bonds is 3. The maximum atomic E-state index is 7.76. The number of nitrogens with zero attached hydrogens (tertiary/aromatic N) is 2. The van der Waals surface area contributed by atoms with Crippen LogP contribution >= 0.6 is 15.9 Å². The lowest BCUT2D eigenvalue weighted by Gasteiger charge is -1.95. The fourth-order valence-corrected chi connectivity index (χ4v) is 1.41. The third-order valence-corrected chi connectivity index (χ3v) is 2.21. The summed E-state index contributed by atoms with van der Waals surface area (Å²) in [6.07, 6.45) is 5.33. The van der Waals surface area contributed by atoms with Crippen molar-refractivity contribution in [1.82, 2.24) is 9.78 Å². The zero-order valence-electron chi connectivity index (χ0n) is 7.58. The molecule has 70 valence electrons. The van der Waals surface area contributed by atoms with Gasteiger partial charge in [-0.05, 0) is 15.9 Å². The monoisotopic (exact) mass is 243 g/mol. The summed E-state index contributed by atoms with van der Waals surface area (Å²) in [6, 6.07) is 0. The molecule has 0 aliphatic heterocycles. The average molecular weight is 244 g/mol. The van der Waals surface area contributed by atoms with Crippen molar-refractivity contribution in [3.8, 4) is 0 Å². The first-order valence-electron chi connectivity index (χ1n) is 3.88. The average Bonchev–Trinajstić information content (AvgIpc) is 2.51. The number of hydrogen-bond acceptors (Lipinski definition) is 2. The van der Waals surface area contributed by atoms with Gasteiger partial charge < -0.3 is 5.32 Å². The molecule has 0 fully saturated rings. The molecule has 0 saturated carbocycles. The minimum atomic E-state index is 0.450. The smallest absolute Gasteiger partial charge is 0.109 e. The molecule has 0 spiro atoms. The Kier molecular flexibility index (Phi) is 3.39. The summed E-state index contributed by atoms with van der Waals surface area (Å²) >= 11 is 3.32. The molecule has 0 aliphatic rings. The highest BCUT2D eigenvalue weighted by Gasteiger charge is 2.07. The van der Waals surface area contributed by atoms with Crippen LogP contribution in [0.2, 0.25) is 0 Å². The SMILES string of the molecule is C[NH2+]C=C(Br)C(=N)c1cnn(C)c1. The van der Waals surface area contributed by atoms with Crippen molar-refractivity contribution in [2.24, 2.45) is 7.05 Å². The third-order valence-electron chi connectivity index (χ3n) is 1.55. The number of quaternary nitrogens is 1. The summed E-state index contributed by atoms with van der Waals surface area (Å²) in [5.74, 6) is 0. The van der Waals surface area contributed by atoms with Gasteiger partial charge in [-0.3, -0.25) is 10.1 Å². The van der Waals surface area contributed by atoms with Crippen LogP contribution in [-0.2, 0) is 7.05 Å². The van der Waals surface area contributed by atoms with Gasteiger partial charge in [-0.25, -0.2) is 0 Å². The largest absolute Gasteiger partial charge is 0.321 e. The van der Waals surface area contributed by atoms with Gasteiger partial charge >= 0.3 is 0 Å². The molecule has 3 N–H and O–H groups in total. The van der Waals surface area contributed by atoms with E-state index in [4.69, 9.17) is 5.41 Å². The Bertz CT molecular complexity index is 340. The molecule has 4 nitrogen and oxygen atoms in total. The van der Waals surface area contributed by atoms with E-state index < -0.39 is 0 Å². The van der Waals surface area contributed by atoms with Crippen LogP contribution in [-0.4, -0.2) is 22.5 Å². The quantitative estimate of drug-likeness (QED) is 0.734. The van der Waals surface area contributed by atoms with Crippen molar-refractivity contribution in [3.63, 3.8) is 0 Å². The zero-order chi connectivity index (χ0) is 9.84. The number of aryl methyl sites for hydroxylation is 1. The molecule has 5 heteroatoms. The standard InChI is InChI=1S/C8H11BrN4/c1-11-4-7(9)8(10)6-3-12-13(2)5-6/h3-5,10-11H,1-2H3/p+1. The second-order valence-electron chi connectivity index (χ2n) is 2.63. The van der Waals surface area contributed by atoms with Crippen LogP contribution in [0.3, 0.4) is 0 Å². The van der Waals surface area contributed by atoms with Gasteiger partial charge in [-0.2, -0.15) is 5.10 Å². The minimum Gasteiger partial charge on any atom is -0.321 e. The van der Waals surface area contributed by atoms with E-state index in [1.54, 1.807) is 10.9 Å². The topological polar surface area (TPSA) is 58.3 Å². The Morgan fingerprint density at radius 3 is 2.92 bits per heavy atom. The van der Waals surface area contributed by atoms with Crippen molar-refractivity contribution in [2.45, 2.75) is 0 Å². The van der Waals surface area contributed by atoms with Crippen LogP contribution in [0.15, 0.2) is 23.1 Å². The van der Waals surface area contributed by atoms with E-state index in [1.807, 2.05) is 31.8 Å². The van der Waals surface area contributed by atoms with E-state index in [0.29, 0.717) is 5.71 Å². The molecule has 1 aromatic rings. The summed E-state index contributed by atoms with van der Waals surface area (Å²) in [5, 5.41) is 13.6. The lowest BCUT2D eigenvalue weighted by atomic mass is 10.2. The van der Waals surface area contributed by atoms with Crippen LogP contribution in [0.1, 0.15) is 5.56 Å². The first-order valence-corrected chi connectivity index (χ1v) is 4.67. The van der Waals surface area contributed by atoms with Crippen molar-refractivity contribution < 1.29 is 5.32 Å². The van der Waals surface area contributed by atoms with Crippen molar-refractivity contribution >= 4 is 21.6 Å². The summed E-state index contributed by atoms with van der Waals surface area (Å²) in [5.41, 5.74) is 1.26. The number of allylic oxidation sites excluding steroid dienone is 1. The van der Waals surface area contributed by atoms with E-state index in [2.05, 4.69) is 21.0 Å². The van der Waals surface area contributed by atoms with Crippen LogP contribution in [0.4, 0.5) is 0 Å². The van der Waals surface area contributed by atoms with Crippen molar-refractivity contribution in [2.75, 3.05) is 7.05 Å². The second kappa shape index (κ2) is 4.34. The van der Waals surface area contributed by atoms with E-state index in [9.17, 15) is 0 Å². The first kappa shape index (κ1) is 10.1. The van der Waals surface area contributed by atoms with E-state index in [-0.39, 0.29) is 0 Å². The van der Waals surface area contributed by atoms with Crippen LogP contribution < -0.4 is 5.32 Å². The van der Waals surface area contributed by atoms with Crippen LogP contribution in [0, 0.1) is 5.41 Å². The molecule has 0 saturated heterocycles. The predicted molar refractivity (Wildman–Crippen MR) is 54.9 cm³/mol. The van der Waals surface area contributed by atoms with Gasteiger partial charge in [0.1, 0.15) is 6.20 Å². The Morgan fingerprint density at radius 1 is 1.77 bits per heavy atom. The van der Waals surface area contributed by atoms with Gasteiger partial charge in [0.2, 0.25) is 0 Å². The van der Waals surface area contributed by atoms with Crippen LogP contribution in [0.25, 0.3) is 0 Å². The fraction of sp³-hybridized carbons (Fsp3) is 0.250. The molecule has 0 bridgehead atoms. The van der Waals surface area contributed by atoms with Gasteiger partial charge in [0, 0.05) is 18.8 Å². The van der Waals surface area contributed by atoms with Gasteiger partial charge in [-0.1, -0.05) is 0 Å².